The molecular weight excluding hydrogens is 303 g/mol. The predicted molar refractivity (Wildman–Crippen MR) is 77.3 cm³/mol. The van der Waals surface area contributed by atoms with Gasteiger partial charge in [0.05, 0.1) is 6.20 Å². The van der Waals surface area contributed by atoms with Crippen LogP contribution >= 0.6 is 0 Å². The minimum absolute atomic E-state index is 0.0234. The van der Waals surface area contributed by atoms with Gasteiger partial charge in [0.15, 0.2) is 5.89 Å². The summed E-state index contributed by atoms with van der Waals surface area (Å²) in [6.07, 6.45) is 3.31. The molecule has 1 amide bonds. The lowest BCUT2D eigenvalue weighted by molar-refractivity contribution is -0.137. The fourth-order valence-corrected chi connectivity index (χ4v) is 2.23. The largest absolute Gasteiger partial charge is 0.480 e. The number of carboxylic acid groups (broad SMARTS) is 1. The molecule has 3 rings (SSSR count). The molecule has 0 radical (unpaired) electrons. The SMILES string of the molecule is O=C(O)CN(Cc1ccc(F)cc1)C(=O)c1cnc(C2CC2)o1. The van der Waals surface area contributed by atoms with Crippen LogP contribution in [0.2, 0.25) is 0 Å². The summed E-state index contributed by atoms with van der Waals surface area (Å²) in [5, 5.41) is 9.01. The number of benzene rings is 1. The first kappa shape index (κ1) is 15.2. The summed E-state index contributed by atoms with van der Waals surface area (Å²) in [6, 6.07) is 5.54. The summed E-state index contributed by atoms with van der Waals surface area (Å²) in [4.78, 5) is 28.7. The highest BCUT2D eigenvalue weighted by molar-refractivity contribution is 5.93. The van der Waals surface area contributed by atoms with Gasteiger partial charge in [0.2, 0.25) is 5.76 Å². The zero-order chi connectivity index (χ0) is 16.4. The van der Waals surface area contributed by atoms with E-state index in [-0.39, 0.29) is 18.2 Å². The van der Waals surface area contributed by atoms with Crippen molar-refractivity contribution in [2.45, 2.75) is 25.3 Å². The Kier molecular flexibility index (Phi) is 4.10. The lowest BCUT2D eigenvalue weighted by Gasteiger charge is -2.19. The highest BCUT2D eigenvalue weighted by Gasteiger charge is 2.30. The number of rotatable bonds is 6. The minimum atomic E-state index is -1.14. The highest BCUT2D eigenvalue weighted by atomic mass is 19.1. The highest BCUT2D eigenvalue weighted by Crippen LogP contribution is 2.39. The molecule has 1 saturated carbocycles. The third-order valence-electron chi connectivity index (χ3n) is 3.56. The molecule has 1 aromatic carbocycles. The Morgan fingerprint density at radius 3 is 2.61 bits per heavy atom. The van der Waals surface area contributed by atoms with E-state index < -0.39 is 24.2 Å². The topological polar surface area (TPSA) is 83.6 Å². The molecule has 0 saturated heterocycles. The monoisotopic (exact) mass is 318 g/mol. The van der Waals surface area contributed by atoms with Gasteiger partial charge >= 0.3 is 5.97 Å². The Balaban J connectivity index is 1.77. The van der Waals surface area contributed by atoms with Crippen LogP contribution in [-0.4, -0.2) is 33.4 Å². The molecule has 0 bridgehead atoms. The molecule has 7 heteroatoms. The Morgan fingerprint density at radius 2 is 2.00 bits per heavy atom. The maximum atomic E-state index is 12.9. The van der Waals surface area contributed by atoms with E-state index in [4.69, 9.17) is 9.52 Å². The number of aromatic nitrogens is 1. The molecule has 1 aromatic heterocycles. The fourth-order valence-electron chi connectivity index (χ4n) is 2.23. The second-order valence-electron chi connectivity index (χ2n) is 5.52. The van der Waals surface area contributed by atoms with Crippen molar-refractivity contribution >= 4 is 11.9 Å². The molecule has 1 aliphatic rings. The van der Waals surface area contributed by atoms with E-state index >= 15 is 0 Å². The van der Waals surface area contributed by atoms with Gasteiger partial charge in [-0.2, -0.15) is 0 Å². The van der Waals surface area contributed by atoms with Gasteiger partial charge in [-0.05, 0) is 30.5 Å². The van der Waals surface area contributed by atoms with Crippen molar-refractivity contribution in [3.63, 3.8) is 0 Å². The van der Waals surface area contributed by atoms with E-state index in [2.05, 4.69) is 4.98 Å². The number of aliphatic carboxylic acids is 1. The summed E-state index contributed by atoms with van der Waals surface area (Å²) < 4.78 is 18.4. The molecule has 0 atom stereocenters. The first-order valence-corrected chi connectivity index (χ1v) is 7.24. The second kappa shape index (κ2) is 6.20. The van der Waals surface area contributed by atoms with E-state index in [1.807, 2.05) is 0 Å². The van der Waals surface area contributed by atoms with Crippen molar-refractivity contribution in [3.8, 4) is 0 Å². The lowest BCUT2D eigenvalue weighted by atomic mass is 10.2. The Morgan fingerprint density at radius 1 is 1.30 bits per heavy atom. The van der Waals surface area contributed by atoms with Crippen LogP contribution in [0.4, 0.5) is 4.39 Å². The van der Waals surface area contributed by atoms with Crippen LogP contribution in [0.5, 0.6) is 0 Å². The van der Waals surface area contributed by atoms with E-state index in [0.717, 1.165) is 17.7 Å². The van der Waals surface area contributed by atoms with Crippen LogP contribution < -0.4 is 0 Å². The molecule has 23 heavy (non-hydrogen) atoms. The standard InChI is InChI=1S/C16H15FN2O4/c17-12-5-1-10(2-6-12)8-19(9-14(20)21)16(22)13-7-18-15(23-13)11-3-4-11/h1-2,5-7,11H,3-4,8-9H2,(H,20,21). The zero-order valence-corrected chi connectivity index (χ0v) is 12.2. The fraction of sp³-hybridized carbons (Fsp3) is 0.312. The molecule has 0 aliphatic heterocycles. The number of nitrogens with zero attached hydrogens (tertiary/aromatic N) is 2. The van der Waals surface area contributed by atoms with E-state index in [1.165, 1.54) is 30.5 Å². The summed E-state index contributed by atoms with van der Waals surface area (Å²) in [5.74, 6) is -1.27. The van der Waals surface area contributed by atoms with Crippen LogP contribution in [0, 0.1) is 5.82 Å². The molecule has 0 unspecified atom stereocenters. The molecule has 120 valence electrons. The minimum Gasteiger partial charge on any atom is -0.480 e. The van der Waals surface area contributed by atoms with Gasteiger partial charge in [0.1, 0.15) is 12.4 Å². The molecular formula is C16H15FN2O4. The molecule has 1 fully saturated rings. The van der Waals surface area contributed by atoms with Crippen molar-refractivity contribution in [1.82, 2.24) is 9.88 Å². The van der Waals surface area contributed by atoms with Gasteiger partial charge in [0, 0.05) is 12.5 Å². The number of carboxylic acids is 1. The summed E-state index contributed by atoms with van der Waals surface area (Å²) in [7, 11) is 0. The van der Waals surface area contributed by atoms with Gasteiger partial charge in [-0.25, -0.2) is 9.37 Å². The average Bonchev–Trinajstić information content (AvgIpc) is 3.25. The van der Waals surface area contributed by atoms with E-state index in [0.29, 0.717) is 11.5 Å². The van der Waals surface area contributed by atoms with Gasteiger partial charge in [0.25, 0.3) is 5.91 Å². The summed E-state index contributed by atoms with van der Waals surface area (Å²) in [5.41, 5.74) is 0.628. The molecule has 1 N–H and O–H groups in total. The third-order valence-corrected chi connectivity index (χ3v) is 3.56. The zero-order valence-electron chi connectivity index (χ0n) is 12.2. The number of hydrogen-bond acceptors (Lipinski definition) is 4. The van der Waals surface area contributed by atoms with E-state index in [1.54, 1.807) is 0 Å². The smallest absolute Gasteiger partial charge is 0.323 e. The quantitative estimate of drug-likeness (QED) is 0.884. The molecule has 2 aromatic rings. The van der Waals surface area contributed by atoms with Crippen molar-refractivity contribution in [2.75, 3.05) is 6.54 Å². The number of carbonyl (C=O) groups excluding carboxylic acids is 1. The first-order chi connectivity index (χ1) is 11.0. The third kappa shape index (κ3) is 3.74. The molecule has 0 spiro atoms. The number of oxazole rings is 1. The van der Waals surface area contributed by atoms with Gasteiger partial charge in [-0.15, -0.1) is 0 Å². The summed E-state index contributed by atoms with van der Waals surface area (Å²) >= 11 is 0. The van der Waals surface area contributed by atoms with Crippen molar-refractivity contribution in [2.24, 2.45) is 0 Å². The van der Waals surface area contributed by atoms with Gasteiger partial charge in [-0.1, -0.05) is 12.1 Å². The predicted octanol–water partition coefficient (Wildman–Crippen LogP) is 2.42. The van der Waals surface area contributed by atoms with Gasteiger partial charge < -0.3 is 14.4 Å². The number of carbonyl (C=O) groups is 2. The number of halogens is 1. The molecule has 6 nitrogen and oxygen atoms in total. The maximum absolute atomic E-state index is 12.9. The van der Waals surface area contributed by atoms with Crippen LogP contribution in [0.3, 0.4) is 0 Å². The molecule has 1 heterocycles. The van der Waals surface area contributed by atoms with Crippen molar-refractivity contribution < 1.29 is 23.5 Å². The van der Waals surface area contributed by atoms with Crippen molar-refractivity contribution in [1.29, 1.82) is 0 Å². The normalized spacial score (nSPS) is 13.8. The summed E-state index contributed by atoms with van der Waals surface area (Å²) in [6.45, 7) is -0.430. The average molecular weight is 318 g/mol. The van der Waals surface area contributed by atoms with Gasteiger partial charge in [-0.3, -0.25) is 9.59 Å². The first-order valence-electron chi connectivity index (χ1n) is 7.24. The van der Waals surface area contributed by atoms with Crippen LogP contribution in [0.15, 0.2) is 34.9 Å². The number of amides is 1. The van der Waals surface area contributed by atoms with Crippen LogP contribution in [-0.2, 0) is 11.3 Å². The van der Waals surface area contributed by atoms with E-state index in [9.17, 15) is 14.0 Å². The van der Waals surface area contributed by atoms with Crippen LogP contribution in [0.25, 0.3) is 0 Å². The Labute approximate surface area is 131 Å². The van der Waals surface area contributed by atoms with Crippen molar-refractivity contribution in [3.05, 3.63) is 53.5 Å². The second-order valence-corrected chi connectivity index (χ2v) is 5.52. The van der Waals surface area contributed by atoms with Crippen LogP contribution in [0.1, 0.15) is 40.8 Å². The lowest BCUT2D eigenvalue weighted by Crippen LogP contribution is -2.35. The maximum Gasteiger partial charge on any atom is 0.323 e. The molecule has 1 aliphatic carbocycles. The Hall–Kier alpha value is -2.70. The Bertz CT molecular complexity index is 722. The number of hydrogen-bond donors (Lipinski definition) is 1.